The minimum Gasteiger partial charge on any atom is -0.506 e. The van der Waals surface area contributed by atoms with Gasteiger partial charge in [0.25, 0.3) is 5.91 Å². The fraction of sp³-hybridized carbons (Fsp3) is 0.125. The van der Waals surface area contributed by atoms with Gasteiger partial charge in [-0.05, 0) is 81.4 Å². The lowest BCUT2D eigenvalue weighted by Crippen LogP contribution is -2.24. The third kappa shape index (κ3) is 5.34. The highest BCUT2D eigenvalue weighted by Gasteiger charge is 2.05. The molecule has 23 heavy (non-hydrogen) atoms. The molecule has 0 saturated carbocycles. The number of phenols is 1. The predicted molar refractivity (Wildman–Crippen MR) is 106 cm³/mol. The van der Waals surface area contributed by atoms with Crippen molar-refractivity contribution in [2.75, 3.05) is 6.61 Å². The molecular formula is C16H14I2N2O3. The summed E-state index contributed by atoms with van der Waals surface area (Å²) in [4.78, 5) is 11.7. The van der Waals surface area contributed by atoms with Crippen LogP contribution in [0, 0.1) is 14.1 Å². The van der Waals surface area contributed by atoms with Gasteiger partial charge in [0.05, 0.1) is 13.4 Å². The lowest BCUT2D eigenvalue weighted by Gasteiger charge is -2.07. The monoisotopic (exact) mass is 536 g/mol. The first kappa shape index (κ1) is 18.0. The maximum Gasteiger partial charge on any atom is 0.277 e. The Morgan fingerprint density at radius 3 is 2.61 bits per heavy atom. The summed E-state index contributed by atoms with van der Waals surface area (Å²) >= 11 is 4.08. The molecule has 0 radical (unpaired) electrons. The van der Waals surface area contributed by atoms with E-state index in [9.17, 15) is 9.90 Å². The van der Waals surface area contributed by atoms with Crippen molar-refractivity contribution in [1.29, 1.82) is 0 Å². The van der Waals surface area contributed by atoms with Crippen molar-refractivity contribution < 1.29 is 14.6 Å². The molecule has 0 aromatic heterocycles. The van der Waals surface area contributed by atoms with Gasteiger partial charge in [-0.1, -0.05) is 18.2 Å². The third-order valence-corrected chi connectivity index (χ3v) is 4.54. The lowest BCUT2D eigenvalue weighted by molar-refractivity contribution is -0.123. The van der Waals surface area contributed by atoms with E-state index in [2.05, 4.69) is 10.5 Å². The minimum atomic E-state index is -0.340. The van der Waals surface area contributed by atoms with Gasteiger partial charge in [0.1, 0.15) is 11.5 Å². The van der Waals surface area contributed by atoms with Crippen LogP contribution >= 0.6 is 45.2 Å². The Hall–Kier alpha value is -1.36. The highest BCUT2D eigenvalue weighted by atomic mass is 127. The van der Waals surface area contributed by atoms with Crippen LogP contribution in [-0.4, -0.2) is 23.8 Å². The minimum absolute atomic E-state index is 0.104. The smallest absolute Gasteiger partial charge is 0.277 e. The number of nitrogens with one attached hydrogen (secondary N) is 1. The third-order valence-electron chi connectivity index (χ3n) is 2.89. The number of hydrogen-bond acceptors (Lipinski definition) is 4. The molecule has 0 saturated heterocycles. The van der Waals surface area contributed by atoms with Crippen molar-refractivity contribution in [3.63, 3.8) is 0 Å². The van der Waals surface area contributed by atoms with Crippen molar-refractivity contribution in [2.24, 2.45) is 5.10 Å². The average Bonchev–Trinajstić information content (AvgIpc) is 2.52. The zero-order chi connectivity index (χ0) is 16.8. The molecular weight excluding hydrogens is 522 g/mol. The number of halogens is 2. The fourth-order valence-electron chi connectivity index (χ4n) is 1.73. The molecule has 0 unspecified atom stereocenters. The maximum absolute atomic E-state index is 11.7. The second kappa shape index (κ2) is 8.48. The quantitative estimate of drug-likeness (QED) is 0.350. The summed E-state index contributed by atoms with van der Waals surface area (Å²) in [6, 6.07) is 11.0. The number of phenolic OH excluding ortho intramolecular Hbond substituents is 1. The summed E-state index contributed by atoms with van der Waals surface area (Å²) < 4.78 is 6.89. The van der Waals surface area contributed by atoms with Crippen LogP contribution in [0.15, 0.2) is 41.5 Å². The molecule has 1 amide bonds. The number of ether oxygens (including phenoxy) is 1. The van der Waals surface area contributed by atoms with Gasteiger partial charge in [-0.25, -0.2) is 5.43 Å². The van der Waals surface area contributed by atoms with Gasteiger partial charge in [0, 0.05) is 0 Å². The zero-order valence-corrected chi connectivity index (χ0v) is 16.5. The number of nitrogens with zero attached hydrogens (tertiary/aromatic N) is 1. The highest BCUT2D eigenvalue weighted by molar-refractivity contribution is 14.1. The molecule has 0 aliphatic carbocycles. The second-order valence-electron chi connectivity index (χ2n) is 4.68. The van der Waals surface area contributed by atoms with Gasteiger partial charge in [-0.15, -0.1) is 0 Å². The van der Waals surface area contributed by atoms with E-state index < -0.39 is 0 Å². The zero-order valence-electron chi connectivity index (χ0n) is 12.2. The van der Waals surface area contributed by atoms with Crippen LogP contribution in [0.1, 0.15) is 11.1 Å². The number of amides is 1. The van der Waals surface area contributed by atoms with Gasteiger partial charge in [0.15, 0.2) is 6.61 Å². The molecule has 2 rings (SSSR count). The van der Waals surface area contributed by atoms with Crippen LogP contribution in [0.5, 0.6) is 11.5 Å². The number of hydrogen-bond donors (Lipinski definition) is 2. The predicted octanol–water partition coefficient (Wildman–Crippen LogP) is 3.44. The number of carbonyl (C=O) groups excluding carboxylic acids is 1. The van der Waals surface area contributed by atoms with Crippen molar-refractivity contribution >= 4 is 57.3 Å². The first-order valence-corrected chi connectivity index (χ1v) is 8.81. The molecule has 0 spiro atoms. The number of hydrazone groups is 1. The molecule has 0 bridgehead atoms. The number of carbonyl (C=O) groups is 1. The molecule has 0 heterocycles. The van der Waals surface area contributed by atoms with Crippen LogP contribution in [0.4, 0.5) is 0 Å². The Balaban J connectivity index is 1.88. The lowest BCUT2D eigenvalue weighted by atomic mass is 10.2. The van der Waals surface area contributed by atoms with Crippen LogP contribution in [0.25, 0.3) is 0 Å². The Morgan fingerprint density at radius 2 is 1.96 bits per heavy atom. The van der Waals surface area contributed by atoms with E-state index >= 15 is 0 Å². The van der Waals surface area contributed by atoms with Gasteiger partial charge >= 0.3 is 0 Å². The number of benzene rings is 2. The normalized spacial score (nSPS) is 10.7. The molecule has 0 aliphatic heterocycles. The Labute approximate surface area is 161 Å². The van der Waals surface area contributed by atoms with Gasteiger partial charge in [0.2, 0.25) is 0 Å². The van der Waals surface area contributed by atoms with Crippen molar-refractivity contribution in [1.82, 2.24) is 5.43 Å². The van der Waals surface area contributed by atoms with Crippen LogP contribution in [-0.2, 0) is 4.79 Å². The van der Waals surface area contributed by atoms with Crippen LogP contribution < -0.4 is 10.2 Å². The first-order valence-electron chi connectivity index (χ1n) is 6.65. The highest BCUT2D eigenvalue weighted by Crippen LogP contribution is 2.26. The molecule has 2 aromatic carbocycles. The Bertz CT molecular complexity index is 725. The molecule has 7 heteroatoms. The van der Waals surface area contributed by atoms with Gasteiger partial charge in [-0.2, -0.15) is 5.10 Å². The summed E-state index contributed by atoms with van der Waals surface area (Å²) in [5, 5.41) is 13.6. The fourth-order valence-corrected chi connectivity index (χ4v) is 3.55. The molecule has 2 aromatic rings. The summed E-state index contributed by atoms with van der Waals surface area (Å²) in [6.07, 6.45) is 1.52. The summed E-state index contributed by atoms with van der Waals surface area (Å²) in [5.41, 5.74) is 4.17. The van der Waals surface area contributed by atoms with E-state index in [1.807, 2.05) is 76.4 Å². The van der Waals surface area contributed by atoms with E-state index in [-0.39, 0.29) is 18.3 Å². The summed E-state index contributed by atoms with van der Waals surface area (Å²) in [7, 11) is 0. The SMILES string of the molecule is Cc1ccccc1OCC(=O)NN=Cc1cc(I)c(O)c(I)c1. The van der Waals surface area contributed by atoms with E-state index in [1.165, 1.54) is 6.21 Å². The summed E-state index contributed by atoms with van der Waals surface area (Å²) in [6.45, 7) is 1.81. The average molecular weight is 536 g/mol. The van der Waals surface area contributed by atoms with Gasteiger partial charge in [-0.3, -0.25) is 4.79 Å². The largest absolute Gasteiger partial charge is 0.506 e. The molecule has 0 atom stereocenters. The van der Waals surface area contributed by atoms with Crippen LogP contribution in [0.2, 0.25) is 0 Å². The molecule has 5 nitrogen and oxygen atoms in total. The van der Waals surface area contributed by atoms with Crippen LogP contribution in [0.3, 0.4) is 0 Å². The molecule has 0 aliphatic rings. The maximum atomic E-state index is 11.7. The number of aromatic hydroxyl groups is 1. The number of rotatable bonds is 5. The number of para-hydroxylation sites is 1. The second-order valence-corrected chi connectivity index (χ2v) is 7.00. The Kier molecular flexibility index (Phi) is 6.63. The van der Waals surface area contributed by atoms with E-state index in [0.29, 0.717) is 5.75 Å². The van der Waals surface area contributed by atoms with Gasteiger partial charge < -0.3 is 9.84 Å². The summed E-state index contributed by atoms with van der Waals surface area (Å²) in [5.74, 6) is 0.584. The van der Waals surface area contributed by atoms with Crippen molar-refractivity contribution in [3.8, 4) is 11.5 Å². The Morgan fingerprint density at radius 1 is 1.30 bits per heavy atom. The van der Waals surface area contributed by atoms with Crippen molar-refractivity contribution in [2.45, 2.75) is 6.92 Å². The number of aryl methyl sites for hydroxylation is 1. The van der Waals surface area contributed by atoms with Crippen molar-refractivity contribution in [3.05, 3.63) is 54.7 Å². The standard InChI is InChI=1S/C16H14I2N2O3/c1-10-4-2-3-5-14(10)23-9-15(21)20-19-8-11-6-12(17)16(22)13(18)7-11/h2-8,22H,9H2,1H3,(H,20,21). The topological polar surface area (TPSA) is 70.9 Å². The van der Waals surface area contributed by atoms with E-state index in [0.717, 1.165) is 18.3 Å². The molecule has 0 fully saturated rings. The van der Waals surface area contributed by atoms with E-state index in [1.54, 1.807) is 12.1 Å². The molecule has 2 N–H and O–H groups in total. The first-order chi connectivity index (χ1) is 11.0. The van der Waals surface area contributed by atoms with E-state index in [4.69, 9.17) is 4.74 Å². The molecule has 120 valence electrons.